The Hall–Kier alpha value is -0.930. The molecule has 0 unspecified atom stereocenters. The van der Waals surface area contributed by atoms with Crippen LogP contribution < -0.4 is 5.32 Å². The summed E-state index contributed by atoms with van der Waals surface area (Å²) >= 11 is 0. The van der Waals surface area contributed by atoms with Gasteiger partial charge >= 0.3 is 0 Å². The van der Waals surface area contributed by atoms with E-state index < -0.39 is 0 Å². The Labute approximate surface area is 110 Å². The molecular formula is C15H25FN2. The van der Waals surface area contributed by atoms with E-state index in [1.165, 1.54) is 0 Å². The third kappa shape index (κ3) is 5.15. The summed E-state index contributed by atoms with van der Waals surface area (Å²) in [6.07, 6.45) is 0. The molecule has 0 heterocycles. The molecule has 0 aliphatic heterocycles. The first-order valence-electron chi connectivity index (χ1n) is 6.64. The van der Waals surface area contributed by atoms with Crippen molar-refractivity contribution in [3.63, 3.8) is 0 Å². The van der Waals surface area contributed by atoms with Gasteiger partial charge in [0.2, 0.25) is 0 Å². The van der Waals surface area contributed by atoms with E-state index in [-0.39, 0.29) is 5.82 Å². The molecule has 0 aliphatic carbocycles. The van der Waals surface area contributed by atoms with E-state index in [0.717, 1.165) is 30.8 Å². The van der Waals surface area contributed by atoms with E-state index in [0.29, 0.717) is 12.5 Å². The second-order valence-corrected chi connectivity index (χ2v) is 5.38. The first-order chi connectivity index (χ1) is 8.50. The zero-order valence-corrected chi connectivity index (χ0v) is 12.0. The van der Waals surface area contributed by atoms with E-state index >= 15 is 0 Å². The summed E-state index contributed by atoms with van der Waals surface area (Å²) < 4.78 is 13.8. The van der Waals surface area contributed by atoms with Gasteiger partial charge in [0, 0.05) is 25.2 Å². The van der Waals surface area contributed by atoms with E-state index in [4.69, 9.17) is 0 Å². The molecule has 0 fully saturated rings. The summed E-state index contributed by atoms with van der Waals surface area (Å²) in [5.41, 5.74) is 1.50. The fourth-order valence-corrected chi connectivity index (χ4v) is 1.86. The highest BCUT2D eigenvalue weighted by molar-refractivity contribution is 5.24. The third-order valence-electron chi connectivity index (χ3n) is 2.93. The van der Waals surface area contributed by atoms with Gasteiger partial charge in [0.25, 0.3) is 0 Å². The minimum absolute atomic E-state index is 0.0699. The minimum Gasteiger partial charge on any atom is -0.315 e. The van der Waals surface area contributed by atoms with E-state index in [2.05, 4.69) is 24.1 Å². The lowest BCUT2D eigenvalue weighted by Crippen LogP contribution is -2.31. The predicted molar refractivity (Wildman–Crippen MR) is 75.2 cm³/mol. The fourth-order valence-electron chi connectivity index (χ4n) is 1.86. The number of likely N-dealkylation sites (N-methyl/N-ethyl adjacent to an activating group) is 1. The van der Waals surface area contributed by atoms with Crippen LogP contribution in [0.3, 0.4) is 0 Å². The monoisotopic (exact) mass is 252 g/mol. The Morgan fingerprint density at radius 2 is 2.06 bits per heavy atom. The molecule has 0 atom stereocenters. The quantitative estimate of drug-likeness (QED) is 0.751. The maximum absolute atomic E-state index is 13.8. The number of benzene rings is 1. The standard InChI is InChI=1S/C15H25FN2/c1-12(2)10-17-8-9-18(4)11-14-7-5-6-13(3)15(14)16/h5-7,12,17H,8-11H2,1-4H3. The molecule has 3 heteroatoms. The Morgan fingerprint density at radius 1 is 1.33 bits per heavy atom. The minimum atomic E-state index is -0.0699. The number of nitrogens with zero attached hydrogens (tertiary/aromatic N) is 1. The molecule has 102 valence electrons. The number of hydrogen-bond donors (Lipinski definition) is 1. The summed E-state index contributed by atoms with van der Waals surface area (Å²) in [7, 11) is 2.03. The molecule has 0 bridgehead atoms. The number of aryl methyl sites for hydroxylation is 1. The molecule has 1 N–H and O–H groups in total. The normalized spacial score (nSPS) is 11.5. The van der Waals surface area contributed by atoms with Gasteiger partial charge < -0.3 is 10.2 Å². The second-order valence-electron chi connectivity index (χ2n) is 5.38. The Kier molecular flexibility index (Phi) is 6.30. The van der Waals surface area contributed by atoms with Crippen LogP contribution in [0.5, 0.6) is 0 Å². The van der Waals surface area contributed by atoms with Crippen LogP contribution in [-0.4, -0.2) is 31.6 Å². The summed E-state index contributed by atoms with van der Waals surface area (Å²) in [6.45, 7) is 9.77. The van der Waals surface area contributed by atoms with Gasteiger partial charge in [0.1, 0.15) is 5.82 Å². The van der Waals surface area contributed by atoms with Gasteiger partial charge in [-0.25, -0.2) is 4.39 Å². The van der Waals surface area contributed by atoms with Crippen LogP contribution in [0.2, 0.25) is 0 Å². The molecule has 1 rings (SSSR count). The maximum atomic E-state index is 13.8. The average molecular weight is 252 g/mol. The van der Waals surface area contributed by atoms with Crippen molar-refractivity contribution in [2.45, 2.75) is 27.3 Å². The third-order valence-corrected chi connectivity index (χ3v) is 2.93. The molecule has 0 aliphatic rings. The van der Waals surface area contributed by atoms with Crippen molar-refractivity contribution in [3.8, 4) is 0 Å². The molecule has 0 saturated heterocycles. The highest BCUT2D eigenvalue weighted by Crippen LogP contribution is 2.13. The van der Waals surface area contributed by atoms with Crippen LogP contribution >= 0.6 is 0 Å². The zero-order valence-electron chi connectivity index (χ0n) is 12.0. The smallest absolute Gasteiger partial charge is 0.130 e. The summed E-state index contributed by atoms with van der Waals surface area (Å²) in [4.78, 5) is 2.14. The Morgan fingerprint density at radius 3 is 2.72 bits per heavy atom. The molecule has 0 radical (unpaired) electrons. The second kappa shape index (κ2) is 7.49. The number of rotatable bonds is 7. The van der Waals surface area contributed by atoms with Crippen molar-refractivity contribution in [1.29, 1.82) is 0 Å². The Bertz CT molecular complexity index is 364. The molecule has 18 heavy (non-hydrogen) atoms. The van der Waals surface area contributed by atoms with Gasteiger partial charge in [-0.3, -0.25) is 0 Å². The van der Waals surface area contributed by atoms with Crippen LogP contribution in [0, 0.1) is 18.7 Å². The van der Waals surface area contributed by atoms with Crippen LogP contribution in [0.4, 0.5) is 4.39 Å². The average Bonchev–Trinajstić information content (AvgIpc) is 2.30. The van der Waals surface area contributed by atoms with Crippen molar-refractivity contribution < 1.29 is 4.39 Å². The largest absolute Gasteiger partial charge is 0.315 e. The van der Waals surface area contributed by atoms with Crippen molar-refractivity contribution in [2.75, 3.05) is 26.7 Å². The summed E-state index contributed by atoms with van der Waals surface area (Å²) in [5.74, 6) is 0.601. The zero-order chi connectivity index (χ0) is 13.5. The van der Waals surface area contributed by atoms with Crippen LogP contribution in [0.15, 0.2) is 18.2 Å². The first-order valence-corrected chi connectivity index (χ1v) is 6.64. The lowest BCUT2D eigenvalue weighted by atomic mass is 10.1. The molecule has 0 amide bonds. The number of nitrogens with one attached hydrogen (secondary N) is 1. The van der Waals surface area contributed by atoms with Crippen LogP contribution in [-0.2, 0) is 6.54 Å². The van der Waals surface area contributed by atoms with E-state index in [1.54, 1.807) is 0 Å². The van der Waals surface area contributed by atoms with Gasteiger partial charge in [-0.1, -0.05) is 32.0 Å². The van der Waals surface area contributed by atoms with E-state index in [1.807, 2.05) is 32.2 Å². The highest BCUT2D eigenvalue weighted by Gasteiger charge is 2.07. The van der Waals surface area contributed by atoms with Crippen molar-refractivity contribution in [1.82, 2.24) is 10.2 Å². The predicted octanol–water partition coefficient (Wildman–Crippen LogP) is 2.81. The molecule has 0 saturated carbocycles. The number of halogens is 1. The maximum Gasteiger partial charge on any atom is 0.130 e. The topological polar surface area (TPSA) is 15.3 Å². The molecule has 0 aromatic heterocycles. The Balaban J connectivity index is 2.35. The van der Waals surface area contributed by atoms with Gasteiger partial charge in [0.15, 0.2) is 0 Å². The molecule has 1 aromatic rings. The number of hydrogen-bond acceptors (Lipinski definition) is 2. The first kappa shape index (κ1) is 15.1. The summed E-state index contributed by atoms with van der Waals surface area (Å²) in [5, 5.41) is 3.39. The lowest BCUT2D eigenvalue weighted by Gasteiger charge is -2.18. The van der Waals surface area contributed by atoms with Crippen molar-refractivity contribution in [2.24, 2.45) is 5.92 Å². The fraction of sp³-hybridized carbons (Fsp3) is 0.600. The highest BCUT2D eigenvalue weighted by atomic mass is 19.1. The van der Waals surface area contributed by atoms with E-state index in [9.17, 15) is 4.39 Å². The lowest BCUT2D eigenvalue weighted by molar-refractivity contribution is 0.316. The SMILES string of the molecule is Cc1cccc(CN(C)CCNCC(C)C)c1F. The van der Waals surface area contributed by atoms with Gasteiger partial charge in [-0.05, 0) is 32.0 Å². The molecule has 0 spiro atoms. The van der Waals surface area contributed by atoms with Crippen LogP contribution in [0.25, 0.3) is 0 Å². The van der Waals surface area contributed by atoms with Gasteiger partial charge in [0.05, 0.1) is 0 Å². The van der Waals surface area contributed by atoms with Crippen molar-refractivity contribution >= 4 is 0 Å². The van der Waals surface area contributed by atoms with Gasteiger partial charge in [-0.2, -0.15) is 0 Å². The van der Waals surface area contributed by atoms with Gasteiger partial charge in [-0.15, -0.1) is 0 Å². The summed E-state index contributed by atoms with van der Waals surface area (Å²) in [6, 6.07) is 5.59. The molecule has 2 nitrogen and oxygen atoms in total. The van der Waals surface area contributed by atoms with Crippen LogP contribution in [0.1, 0.15) is 25.0 Å². The molecular weight excluding hydrogens is 227 g/mol. The van der Waals surface area contributed by atoms with Crippen molar-refractivity contribution in [3.05, 3.63) is 35.1 Å². The molecule has 1 aromatic carbocycles.